The second-order valence-corrected chi connectivity index (χ2v) is 7.41. The standard InChI is InChI=1S/C16H18BrN3O/c1-20-10-18-19-15(20)14(11-3-2-4-13(17)5-11)12-6-16(7-12)8-21-9-16/h2-5,10,12,14H,6-9H2,1H3/t14-/m0/s1. The van der Waals surface area contributed by atoms with Gasteiger partial charge in [-0.05, 0) is 36.5 Å². The molecule has 2 aliphatic rings. The Morgan fingerprint density at radius 2 is 2.19 bits per heavy atom. The minimum Gasteiger partial charge on any atom is -0.380 e. The van der Waals surface area contributed by atoms with E-state index in [1.54, 1.807) is 6.33 Å². The Morgan fingerprint density at radius 1 is 1.38 bits per heavy atom. The number of nitrogens with zero attached hydrogens (tertiary/aromatic N) is 3. The summed E-state index contributed by atoms with van der Waals surface area (Å²) in [6.45, 7) is 1.88. The molecule has 5 heteroatoms. The normalized spacial score (nSPS) is 21.8. The van der Waals surface area contributed by atoms with Crippen molar-refractivity contribution >= 4 is 15.9 Å². The Morgan fingerprint density at radius 3 is 2.76 bits per heavy atom. The number of halogens is 1. The first-order chi connectivity index (χ1) is 10.2. The van der Waals surface area contributed by atoms with Crippen molar-refractivity contribution in [3.05, 3.63) is 46.5 Å². The van der Waals surface area contributed by atoms with E-state index in [0.717, 1.165) is 23.5 Å². The van der Waals surface area contributed by atoms with Crippen LogP contribution in [0.5, 0.6) is 0 Å². The third-order valence-electron chi connectivity index (χ3n) is 4.91. The van der Waals surface area contributed by atoms with Gasteiger partial charge in [-0.15, -0.1) is 10.2 Å². The molecule has 1 spiro atoms. The van der Waals surface area contributed by atoms with Crippen molar-refractivity contribution in [2.24, 2.45) is 18.4 Å². The maximum Gasteiger partial charge on any atom is 0.140 e. The van der Waals surface area contributed by atoms with Gasteiger partial charge in [0.2, 0.25) is 0 Å². The van der Waals surface area contributed by atoms with Crippen molar-refractivity contribution < 1.29 is 4.74 Å². The smallest absolute Gasteiger partial charge is 0.140 e. The summed E-state index contributed by atoms with van der Waals surface area (Å²) < 4.78 is 8.57. The van der Waals surface area contributed by atoms with E-state index >= 15 is 0 Å². The van der Waals surface area contributed by atoms with E-state index in [4.69, 9.17) is 4.74 Å². The first-order valence-electron chi connectivity index (χ1n) is 7.34. The van der Waals surface area contributed by atoms with Gasteiger partial charge in [-0.25, -0.2) is 0 Å². The van der Waals surface area contributed by atoms with Crippen LogP contribution in [0.3, 0.4) is 0 Å². The van der Waals surface area contributed by atoms with Crippen molar-refractivity contribution in [3.8, 4) is 0 Å². The Labute approximate surface area is 132 Å². The van der Waals surface area contributed by atoms with E-state index in [9.17, 15) is 0 Å². The van der Waals surface area contributed by atoms with E-state index in [0.29, 0.717) is 17.3 Å². The largest absolute Gasteiger partial charge is 0.380 e. The van der Waals surface area contributed by atoms with Crippen LogP contribution in [0.25, 0.3) is 0 Å². The molecule has 0 amide bonds. The van der Waals surface area contributed by atoms with Gasteiger partial charge >= 0.3 is 0 Å². The second-order valence-electron chi connectivity index (χ2n) is 6.49. The fraction of sp³-hybridized carbons (Fsp3) is 0.500. The number of rotatable bonds is 3. The lowest BCUT2D eigenvalue weighted by Gasteiger charge is -2.55. The SMILES string of the molecule is Cn1cnnc1[C@@H](c1cccc(Br)c1)C1CC2(COC2)C1. The van der Waals surface area contributed by atoms with Gasteiger partial charge in [-0.2, -0.15) is 0 Å². The van der Waals surface area contributed by atoms with Gasteiger partial charge in [0.05, 0.1) is 13.2 Å². The lowest BCUT2D eigenvalue weighted by molar-refractivity contribution is -0.181. The molecule has 21 heavy (non-hydrogen) atoms. The van der Waals surface area contributed by atoms with Gasteiger partial charge < -0.3 is 9.30 Å². The van der Waals surface area contributed by atoms with Crippen molar-refractivity contribution in [1.29, 1.82) is 0 Å². The van der Waals surface area contributed by atoms with Crippen molar-refractivity contribution in [3.63, 3.8) is 0 Å². The number of aromatic nitrogens is 3. The molecule has 1 saturated heterocycles. The molecule has 4 nitrogen and oxygen atoms in total. The van der Waals surface area contributed by atoms with Gasteiger partial charge in [0.25, 0.3) is 0 Å². The number of ether oxygens (including phenoxy) is 1. The summed E-state index contributed by atoms with van der Waals surface area (Å²) in [5.74, 6) is 2.01. The highest BCUT2D eigenvalue weighted by molar-refractivity contribution is 9.10. The average molecular weight is 348 g/mol. The van der Waals surface area contributed by atoms with Crippen LogP contribution in [0.15, 0.2) is 35.1 Å². The maximum absolute atomic E-state index is 5.41. The molecule has 4 rings (SSSR count). The first-order valence-corrected chi connectivity index (χ1v) is 8.13. The molecular formula is C16H18BrN3O. The Balaban J connectivity index is 1.68. The molecule has 0 unspecified atom stereocenters. The number of benzene rings is 1. The molecule has 1 aliphatic heterocycles. The fourth-order valence-electron chi connectivity index (χ4n) is 3.82. The van der Waals surface area contributed by atoms with Gasteiger partial charge in [-0.3, -0.25) is 0 Å². The molecular weight excluding hydrogens is 330 g/mol. The summed E-state index contributed by atoms with van der Waals surface area (Å²) in [4.78, 5) is 0. The molecule has 1 saturated carbocycles. The first kappa shape index (κ1) is 13.5. The summed E-state index contributed by atoms with van der Waals surface area (Å²) in [6, 6.07) is 8.58. The maximum atomic E-state index is 5.41. The summed E-state index contributed by atoms with van der Waals surface area (Å²) in [7, 11) is 2.03. The minimum absolute atomic E-state index is 0.321. The zero-order chi connectivity index (χ0) is 14.4. The lowest BCUT2D eigenvalue weighted by atomic mass is 9.56. The summed E-state index contributed by atoms with van der Waals surface area (Å²) >= 11 is 3.59. The predicted octanol–water partition coefficient (Wildman–Crippen LogP) is 3.14. The highest BCUT2D eigenvalue weighted by atomic mass is 79.9. The fourth-order valence-corrected chi connectivity index (χ4v) is 4.24. The number of aryl methyl sites for hydroxylation is 1. The summed E-state index contributed by atoms with van der Waals surface area (Å²) in [5, 5.41) is 8.46. The quantitative estimate of drug-likeness (QED) is 0.856. The zero-order valence-electron chi connectivity index (χ0n) is 12.0. The minimum atomic E-state index is 0.321. The third kappa shape index (κ3) is 2.23. The van der Waals surface area contributed by atoms with Crippen molar-refractivity contribution in [2.75, 3.05) is 13.2 Å². The van der Waals surface area contributed by atoms with Gasteiger partial charge in [-0.1, -0.05) is 28.1 Å². The molecule has 0 bridgehead atoms. The van der Waals surface area contributed by atoms with Crippen LogP contribution in [-0.2, 0) is 11.8 Å². The zero-order valence-corrected chi connectivity index (χ0v) is 13.6. The predicted molar refractivity (Wildman–Crippen MR) is 83.0 cm³/mol. The summed E-state index contributed by atoms with van der Waals surface area (Å²) in [5.41, 5.74) is 1.79. The topological polar surface area (TPSA) is 39.9 Å². The summed E-state index contributed by atoms with van der Waals surface area (Å²) in [6.07, 6.45) is 4.26. The van der Waals surface area contributed by atoms with Crippen LogP contribution in [0.2, 0.25) is 0 Å². The second kappa shape index (κ2) is 4.92. The molecule has 2 heterocycles. The highest BCUT2D eigenvalue weighted by Gasteiger charge is 2.52. The van der Waals surface area contributed by atoms with Crippen molar-refractivity contribution in [2.45, 2.75) is 18.8 Å². The monoisotopic (exact) mass is 347 g/mol. The van der Waals surface area contributed by atoms with E-state index in [1.807, 2.05) is 11.6 Å². The van der Waals surface area contributed by atoms with Crippen LogP contribution in [-0.4, -0.2) is 28.0 Å². The molecule has 1 atom stereocenters. The molecule has 0 radical (unpaired) electrons. The van der Waals surface area contributed by atoms with E-state index in [2.05, 4.69) is 50.4 Å². The van der Waals surface area contributed by atoms with E-state index in [-0.39, 0.29) is 0 Å². The molecule has 1 aromatic heterocycles. The van der Waals surface area contributed by atoms with Gasteiger partial charge in [0.15, 0.2) is 0 Å². The van der Waals surface area contributed by atoms with Gasteiger partial charge in [0.1, 0.15) is 12.2 Å². The highest BCUT2D eigenvalue weighted by Crippen LogP contribution is 2.56. The van der Waals surface area contributed by atoms with E-state index < -0.39 is 0 Å². The van der Waals surface area contributed by atoms with Crippen LogP contribution >= 0.6 is 15.9 Å². The number of hydrogen-bond donors (Lipinski definition) is 0. The van der Waals surface area contributed by atoms with Crippen LogP contribution in [0.1, 0.15) is 30.1 Å². The van der Waals surface area contributed by atoms with Crippen LogP contribution in [0.4, 0.5) is 0 Å². The molecule has 0 N–H and O–H groups in total. The Hall–Kier alpha value is -1.20. The van der Waals surface area contributed by atoms with Crippen LogP contribution in [0, 0.1) is 11.3 Å². The van der Waals surface area contributed by atoms with Crippen LogP contribution < -0.4 is 0 Å². The van der Waals surface area contributed by atoms with Gasteiger partial charge in [0, 0.05) is 22.9 Å². The lowest BCUT2D eigenvalue weighted by Crippen LogP contribution is -2.53. The Kier molecular flexibility index (Phi) is 3.15. The molecule has 1 aromatic carbocycles. The third-order valence-corrected chi connectivity index (χ3v) is 5.40. The molecule has 2 fully saturated rings. The Bertz CT molecular complexity index is 657. The van der Waals surface area contributed by atoms with E-state index in [1.165, 1.54) is 18.4 Å². The number of hydrogen-bond acceptors (Lipinski definition) is 3. The molecule has 2 aromatic rings. The molecule has 1 aliphatic carbocycles. The van der Waals surface area contributed by atoms with Crippen molar-refractivity contribution in [1.82, 2.24) is 14.8 Å². The molecule has 110 valence electrons. The average Bonchev–Trinajstić information content (AvgIpc) is 2.77.